The van der Waals surface area contributed by atoms with Crippen LogP contribution < -0.4 is 15.6 Å². The molecule has 1 aliphatic heterocycles. The lowest BCUT2D eigenvalue weighted by atomic mass is 10.1. The number of hydrogen-bond acceptors (Lipinski definition) is 5. The Labute approximate surface area is 188 Å². The summed E-state index contributed by atoms with van der Waals surface area (Å²) in [5.74, 6) is 1.30. The van der Waals surface area contributed by atoms with Crippen LogP contribution in [-0.2, 0) is 13.0 Å². The number of benzene rings is 2. The van der Waals surface area contributed by atoms with E-state index in [9.17, 15) is 9.59 Å². The summed E-state index contributed by atoms with van der Waals surface area (Å²) in [5.41, 5.74) is 1.91. The van der Waals surface area contributed by atoms with Crippen molar-refractivity contribution < 1.29 is 9.53 Å². The van der Waals surface area contributed by atoms with Crippen LogP contribution in [0.25, 0.3) is 10.9 Å². The molecule has 2 aromatic carbocycles. The number of nitrogens with one attached hydrogen (secondary N) is 1. The molecule has 0 bridgehead atoms. The van der Waals surface area contributed by atoms with Gasteiger partial charge in [0.05, 0.1) is 24.1 Å². The monoisotopic (exact) mass is 434 g/mol. The van der Waals surface area contributed by atoms with Crippen molar-refractivity contribution in [2.75, 3.05) is 20.2 Å². The van der Waals surface area contributed by atoms with Gasteiger partial charge >= 0.3 is 0 Å². The van der Waals surface area contributed by atoms with E-state index in [2.05, 4.69) is 24.1 Å². The summed E-state index contributed by atoms with van der Waals surface area (Å²) in [6.07, 6.45) is 0.713. The molecular formula is C25H30N4O3. The van der Waals surface area contributed by atoms with Crippen LogP contribution in [0.5, 0.6) is 5.75 Å². The van der Waals surface area contributed by atoms with E-state index >= 15 is 0 Å². The molecule has 0 aliphatic carbocycles. The number of carbonyl (C=O) groups excluding carboxylic acids is 1. The van der Waals surface area contributed by atoms with E-state index in [1.807, 2.05) is 31.2 Å². The van der Waals surface area contributed by atoms with Crippen LogP contribution in [0.1, 0.15) is 48.6 Å². The molecule has 1 aliphatic rings. The Morgan fingerprint density at radius 2 is 1.88 bits per heavy atom. The number of hydrogen-bond donors (Lipinski definition) is 1. The molecule has 1 amide bonds. The molecule has 0 saturated carbocycles. The molecular weight excluding hydrogens is 404 g/mol. The van der Waals surface area contributed by atoms with E-state index in [-0.39, 0.29) is 17.5 Å². The first kappa shape index (κ1) is 22.0. The summed E-state index contributed by atoms with van der Waals surface area (Å²) in [4.78, 5) is 33.2. The van der Waals surface area contributed by atoms with Crippen molar-refractivity contribution >= 4 is 16.8 Å². The molecule has 1 aromatic heterocycles. The Balaban J connectivity index is 1.61. The van der Waals surface area contributed by atoms with Crippen molar-refractivity contribution in [2.45, 2.75) is 45.8 Å². The maximum atomic E-state index is 13.1. The molecule has 32 heavy (non-hydrogen) atoms. The van der Waals surface area contributed by atoms with Crippen molar-refractivity contribution in [1.82, 2.24) is 19.8 Å². The Hall–Kier alpha value is -3.19. The second-order valence-electron chi connectivity index (χ2n) is 8.53. The molecule has 0 unspecified atom stereocenters. The summed E-state index contributed by atoms with van der Waals surface area (Å²) in [6, 6.07) is 12.9. The smallest absolute Gasteiger partial charge is 0.261 e. The van der Waals surface area contributed by atoms with E-state index in [0.717, 1.165) is 30.2 Å². The molecule has 0 spiro atoms. The van der Waals surface area contributed by atoms with E-state index in [1.54, 1.807) is 29.9 Å². The first-order chi connectivity index (χ1) is 15.4. The van der Waals surface area contributed by atoms with Gasteiger partial charge < -0.3 is 10.1 Å². The zero-order valence-electron chi connectivity index (χ0n) is 19.1. The molecule has 7 nitrogen and oxygen atoms in total. The molecule has 1 N–H and O–H groups in total. The SMILES string of the molecule is COc1ccccc1[C@H](C)NC(=O)c1ccc2c(=O)n3c(nc2c1)CCN(C(C)C)CC3. The summed E-state index contributed by atoms with van der Waals surface area (Å²) >= 11 is 0. The van der Waals surface area contributed by atoms with Gasteiger partial charge in [0.2, 0.25) is 0 Å². The number of amides is 1. The number of aromatic nitrogens is 2. The molecule has 2 heterocycles. The van der Waals surface area contributed by atoms with Gasteiger partial charge in [0.15, 0.2) is 0 Å². The number of ether oxygens (including phenoxy) is 1. The van der Waals surface area contributed by atoms with Gasteiger partial charge in [-0.1, -0.05) is 18.2 Å². The highest BCUT2D eigenvalue weighted by atomic mass is 16.5. The lowest BCUT2D eigenvalue weighted by molar-refractivity contribution is 0.0939. The zero-order chi connectivity index (χ0) is 22.8. The molecule has 0 fully saturated rings. The number of methoxy groups -OCH3 is 1. The minimum atomic E-state index is -0.234. The van der Waals surface area contributed by atoms with E-state index < -0.39 is 0 Å². The fourth-order valence-corrected chi connectivity index (χ4v) is 4.31. The number of fused-ring (bicyclic) bond motifs is 2. The van der Waals surface area contributed by atoms with Gasteiger partial charge in [-0.15, -0.1) is 0 Å². The summed E-state index contributed by atoms with van der Waals surface area (Å²) in [5, 5.41) is 3.56. The lowest BCUT2D eigenvalue weighted by Crippen LogP contribution is -2.34. The second kappa shape index (κ2) is 9.12. The Bertz CT molecular complexity index is 1200. The number of rotatable bonds is 5. The fourth-order valence-electron chi connectivity index (χ4n) is 4.31. The molecule has 4 rings (SSSR count). The van der Waals surface area contributed by atoms with Gasteiger partial charge in [0.25, 0.3) is 11.5 Å². The van der Waals surface area contributed by atoms with Crippen molar-refractivity contribution in [3.8, 4) is 5.75 Å². The Morgan fingerprint density at radius 1 is 1.09 bits per heavy atom. The van der Waals surface area contributed by atoms with Crippen LogP contribution in [0.2, 0.25) is 0 Å². The largest absolute Gasteiger partial charge is 0.496 e. The molecule has 168 valence electrons. The first-order valence-electron chi connectivity index (χ1n) is 11.1. The average Bonchev–Trinajstić information content (AvgIpc) is 3.01. The number of para-hydroxylation sites is 1. The first-order valence-corrected chi connectivity index (χ1v) is 11.1. The fraction of sp³-hybridized carbons (Fsp3) is 0.400. The average molecular weight is 435 g/mol. The zero-order valence-corrected chi connectivity index (χ0v) is 19.1. The molecule has 0 saturated heterocycles. The third-order valence-electron chi connectivity index (χ3n) is 6.21. The third-order valence-corrected chi connectivity index (χ3v) is 6.21. The highest BCUT2D eigenvalue weighted by Gasteiger charge is 2.20. The van der Waals surface area contributed by atoms with Crippen molar-refractivity contribution in [2.24, 2.45) is 0 Å². The van der Waals surface area contributed by atoms with Crippen molar-refractivity contribution in [3.63, 3.8) is 0 Å². The van der Waals surface area contributed by atoms with E-state index in [4.69, 9.17) is 9.72 Å². The summed E-state index contributed by atoms with van der Waals surface area (Å²) < 4.78 is 7.19. The minimum Gasteiger partial charge on any atom is -0.496 e. The van der Waals surface area contributed by atoms with Crippen LogP contribution in [0.15, 0.2) is 47.3 Å². The molecule has 7 heteroatoms. The van der Waals surface area contributed by atoms with Gasteiger partial charge in [0, 0.05) is 43.2 Å². The van der Waals surface area contributed by atoms with Crippen LogP contribution in [0.4, 0.5) is 0 Å². The van der Waals surface area contributed by atoms with Crippen LogP contribution >= 0.6 is 0 Å². The van der Waals surface area contributed by atoms with Gasteiger partial charge in [-0.3, -0.25) is 19.1 Å². The highest BCUT2D eigenvalue weighted by Crippen LogP contribution is 2.25. The van der Waals surface area contributed by atoms with Crippen LogP contribution in [0.3, 0.4) is 0 Å². The Kier molecular flexibility index (Phi) is 6.28. The maximum absolute atomic E-state index is 13.1. The minimum absolute atomic E-state index is 0.0371. The van der Waals surface area contributed by atoms with E-state index in [0.29, 0.717) is 35.5 Å². The topological polar surface area (TPSA) is 76.5 Å². The van der Waals surface area contributed by atoms with Gasteiger partial charge in [-0.2, -0.15) is 0 Å². The third kappa shape index (κ3) is 4.25. The maximum Gasteiger partial charge on any atom is 0.261 e. The normalized spacial score (nSPS) is 15.3. The summed E-state index contributed by atoms with van der Waals surface area (Å²) in [6.45, 7) is 8.58. The predicted molar refractivity (Wildman–Crippen MR) is 125 cm³/mol. The Morgan fingerprint density at radius 3 is 2.62 bits per heavy atom. The second-order valence-corrected chi connectivity index (χ2v) is 8.53. The number of carbonyl (C=O) groups is 1. The van der Waals surface area contributed by atoms with Crippen LogP contribution in [-0.4, -0.2) is 46.6 Å². The predicted octanol–water partition coefficient (Wildman–Crippen LogP) is 3.16. The lowest BCUT2D eigenvalue weighted by Gasteiger charge is -2.23. The highest BCUT2D eigenvalue weighted by molar-refractivity contribution is 5.97. The van der Waals surface area contributed by atoms with Crippen LogP contribution in [0, 0.1) is 0 Å². The summed E-state index contributed by atoms with van der Waals surface area (Å²) in [7, 11) is 1.62. The van der Waals surface area contributed by atoms with Crippen molar-refractivity contribution in [3.05, 3.63) is 69.8 Å². The van der Waals surface area contributed by atoms with Gasteiger partial charge in [-0.25, -0.2) is 4.98 Å². The van der Waals surface area contributed by atoms with Gasteiger partial charge in [-0.05, 0) is 45.0 Å². The van der Waals surface area contributed by atoms with Crippen molar-refractivity contribution in [1.29, 1.82) is 0 Å². The molecule has 1 atom stereocenters. The molecule has 0 radical (unpaired) electrons. The van der Waals surface area contributed by atoms with E-state index in [1.165, 1.54) is 0 Å². The number of nitrogens with zero attached hydrogens (tertiary/aromatic N) is 3. The molecule has 3 aromatic rings. The quantitative estimate of drug-likeness (QED) is 0.668. The van der Waals surface area contributed by atoms with Gasteiger partial charge in [0.1, 0.15) is 11.6 Å². The standard InChI is InChI=1S/C25H30N4O3/c1-16(2)28-12-11-23-27-21-15-18(9-10-20(21)25(31)29(23)14-13-28)24(30)26-17(3)19-7-5-6-8-22(19)32-4/h5-10,15-17H,11-14H2,1-4H3,(H,26,30)/t17-/m0/s1.